The molecular formula is C32H50N4O6S. The van der Waals surface area contributed by atoms with Gasteiger partial charge in [-0.15, -0.1) is 5.10 Å². The van der Waals surface area contributed by atoms with Crippen molar-refractivity contribution in [1.82, 2.24) is 9.73 Å². The van der Waals surface area contributed by atoms with E-state index >= 15 is 0 Å². The molecule has 1 N–H and O–H groups in total. The van der Waals surface area contributed by atoms with Gasteiger partial charge < -0.3 is 14.4 Å². The van der Waals surface area contributed by atoms with Gasteiger partial charge in [-0.3, -0.25) is 10.1 Å². The van der Waals surface area contributed by atoms with Gasteiger partial charge in [0.15, 0.2) is 17.3 Å². The fourth-order valence-corrected chi connectivity index (χ4v) is 5.76. The highest BCUT2D eigenvalue weighted by Crippen LogP contribution is 2.28. The van der Waals surface area contributed by atoms with Crippen LogP contribution in [0, 0.1) is 10.1 Å². The zero-order chi connectivity index (χ0) is 31.5. The Balaban J connectivity index is 1.95. The van der Waals surface area contributed by atoms with Crippen LogP contribution in [-0.4, -0.2) is 51.9 Å². The van der Waals surface area contributed by atoms with Crippen molar-refractivity contribution in [3.63, 3.8) is 0 Å². The Morgan fingerprint density at radius 2 is 1.40 bits per heavy atom. The summed E-state index contributed by atoms with van der Waals surface area (Å²) in [5.41, 5.74) is 0.314. The van der Waals surface area contributed by atoms with Crippen molar-refractivity contribution in [3.8, 4) is 11.5 Å². The Morgan fingerprint density at radius 3 is 1.93 bits per heavy atom. The summed E-state index contributed by atoms with van der Waals surface area (Å²) in [4.78, 5) is 14.4. The van der Waals surface area contributed by atoms with Gasteiger partial charge in [0, 0.05) is 31.3 Å². The third kappa shape index (κ3) is 12.8. The molecule has 0 aromatic heterocycles. The minimum absolute atomic E-state index is 0.244. The second kappa shape index (κ2) is 19.8. The Kier molecular flexibility index (Phi) is 16.5. The molecule has 0 amide bonds. The van der Waals surface area contributed by atoms with E-state index < -0.39 is 14.9 Å². The normalized spacial score (nSPS) is 11.8. The summed E-state index contributed by atoms with van der Waals surface area (Å²) >= 11 is 0. The molecule has 0 bridgehead atoms. The number of nitro benzene ring substituents is 1. The Labute approximate surface area is 258 Å². The first-order valence-electron chi connectivity index (χ1n) is 15.5. The third-order valence-corrected chi connectivity index (χ3v) is 8.67. The van der Waals surface area contributed by atoms with Crippen molar-refractivity contribution in [2.45, 2.75) is 102 Å². The highest BCUT2D eigenvalue weighted by atomic mass is 32.2. The minimum Gasteiger partial charge on any atom is -0.493 e. The number of amidine groups is 1. The molecule has 0 aliphatic carbocycles. The smallest absolute Gasteiger partial charge is 0.276 e. The van der Waals surface area contributed by atoms with E-state index in [1.54, 1.807) is 25.3 Å². The lowest BCUT2D eigenvalue weighted by molar-refractivity contribution is -0.385. The van der Waals surface area contributed by atoms with Crippen LogP contribution in [0.25, 0.3) is 0 Å². The van der Waals surface area contributed by atoms with Crippen molar-refractivity contribution < 1.29 is 22.8 Å². The summed E-state index contributed by atoms with van der Waals surface area (Å²) in [5.74, 6) is 1.42. The number of rotatable bonds is 22. The minimum atomic E-state index is -4.16. The van der Waals surface area contributed by atoms with Gasteiger partial charge >= 0.3 is 0 Å². The number of nitrogens with zero attached hydrogens (tertiary/aromatic N) is 3. The molecule has 2 aromatic rings. The van der Waals surface area contributed by atoms with Crippen LogP contribution >= 0.6 is 0 Å². The Hall–Kier alpha value is -3.34. The number of ether oxygens (including phenoxy) is 2. The van der Waals surface area contributed by atoms with Crippen LogP contribution in [0.4, 0.5) is 5.69 Å². The van der Waals surface area contributed by atoms with Crippen molar-refractivity contribution in [2.24, 2.45) is 5.10 Å². The summed E-state index contributed by atoms with van der Waals surface area (Å²) in [6.45, 7) is 2.92. The first-order valence-corrected chi connectivity index (χ1v) is 17.0. The lowest BCUT2D eigenvalue weighted by Crippen LogP contribution is -2.32. The number of benzene rings is 2. The standard InChI is InChI=1S/C32H50N4O6S/c1-5-6-7-8-9-10-11-12-13-14-15-16-17-18-24-35(2)32(27-22-23-30(41-3)31(25-27)42-4)33-34-43(39,40)29-21-19-20-28(26-29)36(37)38/h19-23,25-26,34H,5-18,24H2,1-4H3. The monoisotopic (exact) mass is 618 g/mol. The average molecular weight is 619 g/mol. The summed E-state index contributed by atoms with van der Waals surface area (Å²) in [5, 5.41) is 15.4. The van der Waals surface area contributed by atoms with E-state index in [0.29, 0.717) is 29.4 Å². The SMILES string of the molecule is CCCCCCCCCCCCCCCCN(C)C(=NNS(=O)(=O)c1cccc([N+](=O)[O-])c1)c1ccc(OC)c(OC)c1. The second-order valence-corrected chi connectivity index (χ2v) is 12.5. The number of non-ortho nitro benzene ring substituents is 1. The molecule has 0 aliphatic rings. The highest BCUT2D eigenvalue weighted by Gasteiger charge is 2.19. The molecule has 0 spiro atoms. The van der Waals surface area contributed by atoms with E-state index in [1.807, 2.05) is 11.9 Å². The number of methoxy groups -OCH3 is 2. The van der Waals surface area contributed by atoms with Gasteiger partial charge in [-0.1, -0.05) is 96.5 Å². The number of nitro groups is 1. The maximum atomic E-state index is 13.0. The second-order valence-electron chi connectivity index (χ2n) is 10.9. The quantitative estimate of drug-likeness (QED) is 0.0472. The summed E-state index contributed by atoms with van der Waals surface area (Å²) < 4.78 is 36.8. The zero-order valence-corrected chi connectivity index (χ0v) is 27.2. The van der Waals surface area contributed by atoms with E-state index in [4.69, 9.17) is 9.47 Å². The summed E-state index contributed by atoms with van der Waals surface area (Å²) in [7, 11) is 0.778. The van der Waals surface area contributed by atoms with Crippen LogP contribution in [0.3, 0.4) is 0 Å². The topological polar surface area (TPSA) is 123 Å². The van der Waals surface area contributed by atoms with Crippen molar-refractivity contribution in [2.75, 3.05) is 27.8 Å². The molecule has 0 radical (unpaired) electrons. The molecule has 2 aromatic carbocycles. The van der Waals surface area contributed by atoms with E-state index in [9.17, 15) is 18.5 Å². The zero-order valence-electron chi connectivity index (χ0n) is 26.3. The number of hydrogen-bond acceptors (Lipinski definition) is 7. The first-order chi connectivity index (χ1) is 20.7. The molecule has 0 saturated heterocycles. The Bertz CT molecular complexity index is 1250. The maximum absolute atomic E-state index is 13.0. The van der Waals surface area contributed by atoms with Crippen LogP contribution in [0.2, 0.25) is 0 Å². The average Bonchev–Trinajstić information content (AvgIpc) is 3.01. The molecule has 0 atom stereocenters. The molecule has 0 heterocycles. The van der Waals surface area contributed by atoms with Gasteiger partial charge in [0.1, 0.15) is 0 Å². The predicted molar refractivity (Wildman–Crippen MR) is 172 cm³/mol. The summed E-state index contributed by atoms with van der Waals surface area (Å²) in [6.07, 6.45) is 17.8. The molecule has 2 rings (SSSR count). The highest BCUT2D eigenvalue weighted by molar-refractivity contribution is 7.89. The lowest BCUT2D eigenvalue weighted by Gasteiger charge is -2.22. The fraction of sp³-hybridized carbons (Fsp3) is 0.594. The number of nitrogens with one attached hydrogen (secondary N) is 1. The first kappa shape index (κ1) is 35.9. The molecule has 0 unspecified atom stereocenters. The van der Waals surface area contributed by atoms with Crippen LogP contribution in [-0.2, 0) is 10.0 Å². The van der Waals surface area contributed by atoms with Crippen LogP contribution < -0.4 is 14.3 Å². The molecule has 11 heteroatoms. The van der Waals surface area contributed by atoms with Gasteiger partial charge in [-0.25, -0.2) is 0 Å². The van der Waals surface area contributed by atoms with Gasteiger partial charge in [0.25, 0.3) is 15.7 Å². The molecular weight excluding hydrogens is 568 g/mol. The van der Waals surface area contributed by atoms with E-state index in [0.717, 1.165) is 25.3 Å². The van der Waals surface area contributed by atoms with E-state index in [2.05, 4.69) is 16.9 Å². The van der Waals surface area contributed by atoms with Gasteiger partial charge in [0.05, 0.1) is 24.0 Å². The summed E-state index contributed by atoms with van der Waals surface area (Å²) in [6, 6.07) is 10.1. The van der Waals surface area contributed by atoms with Crippen molar-refractivity contribution in [3.05, 3.63) is 58.1 Å². The van der Waals surface area contributed by atoms with Crippen LogP contribution in [0.5, 0.6) is 11.5 Å². The van der Waals surface area contributed by atoms with Crippen LogP contribution in [0.1, 0.15) is 102 Å². The largest absolute Gasteiger partial charge is 0.493 e. The third-order valence-electron chi connectivity index (χ3n) is 7.46. The van der Waals surface area contributed by atoms with Gasteiger partial charge in [-0.05, 0) is 30.7 Å². The van der Waals surface area contributed by atoms with Crippen molar-refractivity contribution in [1.29, 1.82) is 0 Å². The molecule has 0 fully saturated rings. The molecule has 0 saturated carbocycles. The molecule has 240 valence electrons. The molecule has 43 heavy (non-hydrogen) atoms. The maximum Gasteiger partial charge on any atom is 0.276 e. The number of unbranched alkanes of at least 4 members (excludes halogenated alkanes) is 13. The Morgan fingerprint density at radius 1 is 0.837 bits per heavy atom. The number of hydrogen-bond donors (Lipinski definition) is 1. The van der Waals surface area contributed by atoms with Crippen LogP contribution in [0.15, 0.2) is 52.5 Å². The number of sulfonamides is 1. The van der Waals surface area contributed by atoms with E-state index in [-0.39, 0.29) is 10.6 Å². The fourth-order valence-electron chi connectivity index (χ4n) is 4.92. The predicted octanol–water partition coefficient (Wildman–Crippen LogP) is 7.67. The van der Waals surface area contributed by atoms with Crippen molar-refractivity contribution >= 4 is 21.5 Å². The number of hydrazone groups is 1. The van der Waals surface area contributed by atoms with E-state index in [1.165, 1.54) is 95.9 Å². The van der Waals surface area contributed by atoms with Gasteiger partial charge in [-0.2, -0.15) is 13.2 Å². The van der Waals surface area contributed by atoms with Gasteiger partial charge in [0.2, 0.25) is 0 Å². The molecule has 0 aliphatic heterocycles. The molecule has 10 nitrogen and oxygen atoms in total. The lowest BCUT2D eigenvalue weighted by atomic mass is 10.0.